The summed E-state index contributed by atoms with van der Waals surface area (Å²) in [5.41, 5.74) is 9.35. The van der Waals surface area contributed by atoms with E-state index in [2.05, 4.69) is 31.3 Å². The van der Waals surface area contributed by atoms with Gasteiger partial charge in [0.25, 0.3) is 5.91 Å². The van der Waals surface area contributed by atoms with Crippen molar-refractivity contribution in [3.8, 4) is 0 Å². The molecule has 0 bridgehead atoms. The van der Waals surface area contributed by atoms with Crippen LogP contribution in [-0.4, -0.2) is 36.5 Å². The Labute approximate surface area is 176 Å². The molecule has 0 saturated heterocycles. The quantitative estimate of drug-likeness (QED) is 0.418. The highest BCUT2D eigenvalue weighted by Crippen LogP contribution is 2.25. The van der Waals surface area contributed by atoms with Gasteiger partial charge in [-0.1, -0.05) is 28.1 Å². The van der Waals surface area contributed by atoms with E-state index in [0.717, 1.165) is 22.1 Å². The lowest BCUT2D eigenvalue weighted by Crippen LogP contribution is -2.20. The van der Waals surface area contributed by atoms with E-state index in [1.54, 1.807) is 22.9 Å². The molecule has 9 heteroatoms. The average molecular weight is 459 g/mol. The van der Waals surface area contributed by atoms with Crippen molar-refractivity contribution in [3.63, 3.8) is 0 Å². The van der Waals surface area contributed by atoms with Gasteiger partial charge in [0.05, 0.1) is 16.7 Å². The third-order valence-corrected chi connectivity index (χ3v) is 4.89. The van der Waals surface area contributed by atoms with Crippen LogP contribution in [0.1, 0.15) is 39.0 Å². The van der Waals surface area contributed by atoms with Gasteiger partial charge in [-0.2, -0.15) is 5.10 Å². The summed E-state index contributed by atoms with van der Waals surface area (Å²) >= 11 is 3.37. The summed E-state index contributed by atoms with van der Waals surface area (Å²) in [6.07, 6.45) is 3.95. The van der Waals surface area contributed by atoms with Crippen molar-refractivity contribution in [1.82, 2.24) is 19.3 Å². The second kappa shape index (κ2) is 8.60. The summed E-state index contributed by atoms with van der Waals surface area (Å²) in [6.45, 7) is 6.76. The highest BCUT2D eigenvalue weighted by molar-refractivity contribution is 9.09. The number of anilines is 1. The summed E-state index contributed by atoms with van der Waals surface area (Å²) < 4.78 is 3.56. The van der Waals surface area contributed by atoms with Crippen LogP contribution in [-0.2, 0) is 13.1 Å². The second-order valence-electron chi connectivity index (χ2n) is 6.64. The molecule has 0 aliphatic heterocycles. The fourth-order valence-corrected chi connectivity index (χ4v) is 3.54. The van der Waals surface area contributed by atoms with Crippen LogP contribution in [0.3, 0.4) is 0 Å². The van der Waals surface area contributed by atoms with Crippen molar-refractivity contribution in [2.24, 2.45) is 5.73 Å². The van der Waals surface area contributed by atoms with Crippen LogP contribution in [0, 0.1) is 13.8 Å². The minimum atomic E-state index is -0.517. The van der Waals surface area contributed by atoms with E-state index in [0.29, 0.717) is 35.8 Å². The third kappa shape index (κ3) is 4.24. The number of alkyl halides is 1. The van der Waals surface area contributed by atoms with Crippen LogP contribution < -0.4 is 11.1 Å². The van der Waals surface area contributed by atoms with Gasteiger partial charge >= 0.3 is 0 Å². The smallest absolute Gasteiger partial charge is 0.276 e. The van der Waals surface area contributed by atoms with Crippen molar-refractivity contribution in [2.75, 3.05) is 10.6 Å². The number of carbonyl (C=O) groups is 2. The number of aryl methyl sites for hydroxylation is 3. The maximum absolute atomic E-state index is 12.9. The second-order valence-corrected chi connectivity index (χ2v) is 7.29. The average Bonchev–Trinajstić information content (AvgIpc) is 3.22. The van der Waals surface area contributed by atoms with Crippen LogP contribution in [0.4, 0.5) is 5.95 Å². The predicted molar refractivity (Wildman–Crippen MR) is 117 cm³/mol. The van der Waals surface area contributed by atoms with Gasteiger partial charge in [-0.05, 0) is 44.5 Å². The van der Waals surface area contributed by atoms with E-state index in [1.807, 2.05) is 37.5 Å². The number of primary amides is 1. The Morgan fingerprint density at radius 3 is 2.66 bits per heavy atom. The Morgan fingerprint density at radius 1 is 1.24 bits per heavy atom. The van der Waals surface area contributed by atoms with Crippen molar-refractivity contribution >= 4 is 44.7 Å². The highest BCUT2D eigenvalue weighted by Gasteiger charge is 2.19. The number of fused-ring (bicyclic) bond motifs is 1. The molecule has 8 nitrogen and oxygen atoms in total. The molecule has 0 aliphatic rings. The molecule has 0 saturated carbocycles. The minimum absolute atomic E-state index is 0.291. The first-order valence-electron chi connectivity index (χ1n) is 9.23. The van der Waals surface area contributed by atoms with Gasteiger partial charge in [0.15, 0.2) is 0 Å². The molecule has 0 fully saturated rings. The number of allylic oxidation sites excluding steroid dienone is 2. The van der Waals surface area contributed by atoms with Gasteiger partial charge < -0.3 is 10.3 Å². The molecular weight excluding hydrogens is 436 g/mol. The monoisotopic (exact) mass is 458 g/mol. The normalized spacial score (nSPS) is 11.4. The number of nitrogens with two attached hydrogens (primary N) is 1. The topological polar surface area (TPSA) is 108 Å². The number of hydrogen-bond donors (Lipinski definition) is 2. The molecule has 2 amide bonds. The molecule has 29 heavy (non-hydrogen) atoms. The molecule has 3 aromatic rings. The molecule has 0 radical (unpaired) electrons. The molecule has 2 aromatic heterocycles. The standard InChI is InChI=1S/C20H23BrN6O2/c1-4-27-16(10-13(3)25-27)19(29)24-20-23-15-11-14(18(22)28)9-12(2)17(15)26(20)8-6-5-7-21/h5-6,9-11H,4,7-8H2,1-3H3,(H2,22,28)(H,23,24,29). The number of hydrogen-bond acceptors (Lipinski definition) is 4. The molecule has 0 unspecified atom stereocenters. The largest absolute Gasteiger partial charge is 0.366 e. The van der Waals surface area contributed by atoms with Crippen LogP contribution in [0.2, 0.25) is 0 Å². The Bertz CT molecular complexity index is 1110. The van der Waals surface area contributed by atoms with Gasteiger partial charge in [0, 0.05) is 24.0 Å². The van der Waals surface area contributed by atoms with E-state index >= 15 is 0 Å². The molecule has 2 heterocycles. The van der Waals surface area contributed by atoms with Gasteiger partial charge in [-0.25, -0.2) is 4.98 Å². The highest BCUT2D eigenvalue weighted by atomic mass is 79.9. The number of benzene rings is 1. The van der Waals surface area contributed by atoms with Crippen molar-refractivity contribution < 1.29 is 9.59 Å². The molecule has 3 rings (SSSR count). The Kier molecular flexibility index (Phi) is 6.17. The van der Waals surface area contributed by atoms with Crippen LogP contribution >= 0.6 is 15.9 Å². The molecule has 152 valence electrons. The summed E-state index contributed by atoms with van der Waals surface area (Å²) in [6, 6.07) is 5.12. The fraction of sp³-hybridized carbons (Fsp3) is 0.300. The van der Waals surface area contributed by atoms with E-state index in [9.17, 15) is 9.59 Å². The van der Waals surface area contributed by atoms with Crippen LogP contribution in [0.5, 0.6) is 0 Å². The van der Waals surface area contributed by atoms with E-state index in [1.165, 1.54) is 0 Å². The zero-order valence-electron chi connectivity index (χ0n) is 16.6. The maximum Gasteiger partial charge on any atom is 0.276 e. The number of nitrogens with one attached hydrogen (secondary N) is 1. The summed E-state index contributed by atoms with van der Waals surface area (Å²) in [5, 5.41) is 7.94. The summed E-state index contributed by atoms with van der Waals surface area (Å²) in [7, 11) is 0. The first-order valence-corrected chi connectivity index (χ1v) is 10.3. The number of halogens is 1. The van der Waals surface area contributed by atoms with Gasteiger partial charge in [0.2, 0.25) is 11.9 Å². The molecule has 0 aliphatic carbocycles. The maximum atomic E-state index is 12.9. The first kappa shape index (κ1) is 20.8. The lowest BCUT2D eigenvalue weighted by molar-refractivity contribution is 0.0996. The zero-order valence-corrected chi connectivity index (χ0v) is 18.2. The van der Waals surface area contributed by atoms with Crippen molar-refractivity contribution in [2.45, 2.75) is 33.9 Å². The van der Waals surface area contributed by atoms with E-state index in [4.69, 9.17) is 5.73 Å². The number of imidazole rings is 1. The van der Waals surface area contributed by atoms with E-state index < -0.39 is 5.91 Å². The van der Waals surface area contributed by atoms with Crippen LogP contribution in [0.25, 0.3) is 11.0 Å². The van der Waals surface area contributed by atoms with Crippen molar-refractivity contribution in [3.05, 3.63) is 52.9 Å². The number of aromatic nitrogens is 4. The number of carbonyl (C=O) groups excluding carboxylic acids is 2. The predicted octanol–water partition coefficient (Wildman–Crippen LogP) is 3.17. The number of rotatable bonds is 7. The molecule has 1 aromatic carbocycles. The van der Waals surface area contributed by atoms with Gasteiger partial charge in [-0.15, -0.1) is 0 Å². The Balaban J connectivity index is 2.08. The Hall–Kier alpha value is -2.94. The molecule has 3 N–H and O–H groups in total. The molecule has 0 spiro atoms. The molecule has 0 atom stereocenters. The first-order chi connectivity index (χ1) is 13.8. The van der Waals surface area contributed by atoms with Gasteiger partial charge in [0.1, 0.15) is 5.69 Å². The number of amides is 2. The summed E-state index contributed by atoms with van der Waals surface area (Å²) in [4.78, 5) is 29.1. The number of nitrogens with zero attached hydrogens (tertiary/aromatic N) is 4. The van der Waals surface area contributed by atoms with Crippen LogP contribution in [0.15, 0.2) is 30.4 Å². The summed E-state index contributed by atoms with van der Waals surface area (Å²) in [5.74, 6) is -0.409. The lowest BCUT2D eigenvalue weighted by atomic mass is 10.1. The molecular formula is C20H23BrN6O2. The lowest BCUT2D eigenvalue weighted by Gasteiger charge is -2.10. The fourth-order valence-electron chi connectivity index (χ4n) is 3.27. The minimum Gasteiger partial charge on any atom is -0.366 e. The Morgan fingerprint density at radius 2 is 2.00 bits per heavy atom. The zero-order chi connectivity index (χ0) is 21.1. The SMILES string of the molecule is CCn1nc(C)cc1C(=O)Nc1nc2cc(C(N)=O)cc(C)c2n1CC=CCBr. The van der Waals surface area contributed by atoms with E-state index in [-0.39, 0.29) is 5.91 Å². The van der Waals surface area contributed by atoms with Crippen molar-refractivity contribution in [1.29, 1.82) is 0 Å². The van der Waals surface area contributed by atoms with Gasteiger partial charge in [-0.3, -0.25) is 19.6 Å². The third-order valence-electron chi connectivity index (χ3n) is 4.52.